The Kier molecular flexibility index (Phi) is 11.0. The van der Waals surface area contributed by atoms with Crippen LogP contribution in [0.2, 0.25) is 0 Å². The van der Waals surface area contributed by atoms with Gasteiger partial charge in [-0.15, -0.1) is 13.2 Å². The number of hydrogen-bond donors (Lipinski definition) is 1. The number of amides is 2. The molecule has 2 amide bonds. The van der Waals surface area contributed by atoms with Crippen LogP contribution in [0.3, 0.4) is 0 Å². The number of carbonyl (C=O) groups excluding carboxylic acids is 3. The first-order chi connectivity index (χ1) is 18.4. The number of ether oxygens (including phenoxy) is 2. The minimum absolute atomic E-state index is 0.0926. The predicted octanol–water partition coefficient (Wildman–Crippen LogP) is 4.02. The molecule has 0 aromatic carbocycles. The molecule has 3 aliphatic rings. The molecular weight excluding hydrogens is 484 g/mol. The number of rotatable bonds is 18. The van der Waals surface area contributed by atoms with E-state index < -0.39 is 35.0 Å². The van der Waals surface area contributed by atoms with E-state index in [0.29, 0.717) is 58.2 Å². The molecule has 2 bridgehead atoms. The normalized spacial score (nSPS) is 29.4. The second-order valence-electron chi connectivity index (χ2n) is 11.0. The summed E-state index contributed by atoms with van der Waals surface area (Å²) in [5, 5.41) is 9.23. The van der Waals surface area contributed by atoms with E-state index in [1.165, 1.54) is 0 Å². The van der Waals surface area contributed by atoms with E-state index >= 15 is 0 Å². The van der Waals surface area contributed by atoms with Crippen LogP contribution >= 0.6 is 0 Å². The number of allylic oxidation sites excluding steroid dienone is 1. The predicted molar refractivity (Wildman–Crippen MR) is 146 cm³/mol. The minimum atomic E-state index is -1.03. The maximum absolute atomic E-state index is 14.3. The minimum Gasteiger partial charge on any atom is -0.465 e. The van der Waals surface area contributed by atoms with Gasteiger partial charge in [-0.3, -0.25) is 14.4 Å². The molecule has 1 spiro atoms. The fourth-order valence-electron chi connectivity index (χ4n) is 6.83. The number of aliphatic hydroxyl groups is 1. The molecular formula is C30H48N2O6. The first-order valence-electron chi connectivity index (χ1n) is 14.7. The second-order valence-corrected chi connectivity index (χ2v) is 11.0. The van der Waals surface area contributed by atoms with Crippen LogP contribution in [0.15, 0.2) is 25.3 Å². The van der Waals surface area contributed by atoms with Crippen molar-refractivity contribution in [1.82, 2.24) is 9.80 Å². The van der Waals surface area contributed by atoms with Gasteiger partial charge in [-0.2, -0.15) is 0 Å². The zero-order valence-electron chi connectivity index (χ0n) is 23.5. The first-order valence-corrected chi connectivity index (χ1v) is 14.7. The summed E-state index contributed by atoms with van der Waals surface area (Å²) in [7, 11) is 0. The molecule has 0 saturated carbocycles. The largest absolute Gasteiger partial charge is 0.465 e. The van der Waals surface area contributed by atoms with Gasteiger partial charge in [0.25, 0.3) is 0 Å². The molecule has 3 aliphatic heterocycles. The molecule has 5 atom stereocenters. The van der Waals surface area contributed by atoms with E-state index in [4.69, 9.17) is 9.47 Å². The molecule has 3 fully saturated rings. The van der Waals surface area contributed by atoms with E-state index in [2.05, 4.69) is 20.1 Å². The van der Waals surface area contributed by atoms with E-state index in [1.54, 1.807) is 22.0 Å². The summed E-state index contributed by atoms with van der Waals surface area (Å²) < 4.78 is 12.5. The number of likely N-dealkylation sites (tertiary alicyclic amines) is 1. The van der Waals surface area contributed by atoms with Gasteiger partial charge in [0.1, 0.15) is 17.6 Å². The highest BCUT2D eigenvalue weighted by Crippen LogP contribution is 2.64. The maximum atomic E-state index is 14.3. The van der Waals surface area contributed by atoms with Crippen molar-refractivity contribution in [2.75, 3.05) is 32.8 Å². The van der Waals surface area contributed by atoms with Gasteiger partial charge in [0.2, 0.25) is 11.8 Å². The molecule has 0 aromatic rings. The first kappa shape index (κ1) is 30.4. The van der Waals surface area contributed by atoms with Crippen molar-refractivity contribution in [3.63, 3.8) is 0 Å². The number of nitrogens with zero attached hydrogens (tertiary/aromatic N) is 2. The molecule has 214 valence electrons. The van der Waals surface area contributed by atoms with E-state index in [9.17, 15) is 19.5 Å². The fourth-order valence-corrected chi connectivity index (χ4v) is 6.83. The number of unbranched alkanes of at least 4 members (excludes halogenated alkanes) is 5. The van der Waals surface area contributed by atoms with Crippen LogP contribution in [-0.2, 0) is 23.9 Å². The van der Waals surface area contributed by atoms with Gasteiger partial charge >= 0.3 is 5.97 Å². The summed E-state index contributed by atoms with van der Waals surface area (Å²) >= 11 is 0. The molecule has 0 radical (unpaired) electrons. The van der Waals surface area contributed by atoms with Gasteiger partial charge in [-0.25, -0.2) is 0 Å². The van der Waals surface area contributed by atoms with Gasteiger partial charge in [-0.05, 0) is 57.8 Å². The summed E-state index contributed by atoms with van der Waals surface area (Å²) in [6.45, 7) is 13.4. The van der Waals surface area contributed by atoms with Crippen LogP contribution in [-0.4, -0.2) is 82.8 Å². The molecule has 38 heavy (non-hydrogen) atoms. The van der Waals surface area contributed by atoms with Gasteiger partial charge in [0.15, 0.2) is 0 Å². The zero-order valence-corrected chi connectivity index (χ0v) is 23.5. The monoisotopic (exact) mass is 532 g/mol. The van der Waals surface area contributed by atoms with Gasteiger partial charge < -0.3 is 24.4 Å². The topological polar surface area (TPSA) is 96.4 Å². The summed E-state index contributed by atoms with van der Waals surface area (Å²) in [6.07, 6.45) is 11.7. The van der Waals surface area contributed by atoms with Gasteiger partial charge in [0, 0.05) is 26.2 Å². The van der Waals surface area contributed by atoms with Crippen molar-refractivity contribution in [3.05, 3.63) is 25.3 Å². The Labute approximate surface area is 228 Å². The molecule has 1 N–H and O–H groups in total. The average molecular weight is 533 g/mol. The van der Waals surface area contributed by atoms with Crippen molar-refractivity contribution in [2.45, 2.75) is 102 Å². The molecule has 3 heterocycles. The third-order valence-corrected chi connectivity index (χ3v) is 8.72. The third kappa shape index (κ3) is 5.71. The Bertz CT molecular complexity index is 862. The lowest BCUT2D eigenvalue weighted by molar-refractivity contribution is -0.162. The van der Waals surface area contributed by atoms with Gasteiger partial charge in [0.05, 0.1) is 18.1 Å². The van der Waals surface area contributed by atoms with Crippen molar-refractivity contribution in [3.8, 4) is 0 Å². The lowest BCUT2D eigenvalue weighted by Crippen LogP contribution is -2.56. The second kappa shape index (κ2) is 13.7. The molecule has 3 saturated heterocycles. The average Bonchev–Trinajstić information content (AvgIpc) is 3.52. The third-order valence-electron chi connectivity index (χ3n) is 8.72. The summed E-state index contributed by atoms with van der Waals surface area (Å²) in [5.41, 5.74) is -1.82. The van der Waals surface area contributed by atoms with Crippen LogP contribution in [0.25, 0.3) is 0 Å². The summed E-state index contributed by atoms with van der Waals surface area (Å²) in [5.74, 6) is -2.14. The fraction of sp³-hybridized carbons (Fsp3) is 0.767. The molecule has 0 aliphatic carbocycles. The van der Waals surface area contributed by atoms with Crippen LogP contribution in [0.4, 0.5) is 0 Å². The lowest BCUT2D eigenvalue weighted by atomic mass is 9.65. The number of aliphatic hydroxyl groups excluding tert-OH is 1. The Morgan fingerprint density at radius 2 is 1.92 bits per heavy atom. The molecule has 0 aromatic heterocycles. The number of hydrogen-bond acceptors (Lipinski definition) is 6. The number of carbonyl (C=O) groups is 3. The molecule has 3 rings (SSSR count). The highest BCUT2D eigenvalue weighted by molar-refractivity contribution is 5.98. The smallest absolute Gasteiger partial charge is 0.312 e. The quantitative estimate of drug-likeness (QED) is 0.163. The molecule has 2 unspecified atom stereocenters. The summed E-state index contributed by atoms with van der Waals surface area (Å²) in [6, 6.07) is -0.775. The number of esters is 1. The Morgan fingerprint density at radius 1 is 1.13 bits per heavy atom. The zero-order chi connectivity index (χ0) is 27.8. The van der Waals surface area contributed by atoms with Crippen molar-refractivity contribution >= 4 is 17.8 Å². The maximum Gasteiger partial charge on any atom is 0.312 e. The Morgan fingerprint density at radius 3 is 2.58 bits per heavy atom. The highest BCUT2D eigenvalue weighted by Gasteiger charge is 2.79. The van der Waals surface area contributed by atoms with Crippen molar-refractivity contribution < 1.29 is 29.0 Å². The standard InChI is InChI=1S/C30H48N2O6/c1-5-9-12-19-31(18-7-3)27(35)25-30-17-16-29(8-4,38-30)24(28(36)37-22-15-10-6-2)23(30)26(34)32(25)20-13-11-14-21-33/h6-7,23-25,33H,2-3,5,8-22H2,1,4H3/t23-,24-,25?,29+,30?/m0/s1. The highest BCUT2D eigenvalue weighted by atomic mass is 16.6. The van der Waals surface area contributed by atoms with Gasteiger partial charge in [-0.1, -0.05) is 38.8 Å². The van der Waals surface area contributed by atoms with E-state index in [-0.39, 0.29) is 25.0 Å². The Balaban J connectivity index is 1.96. The Hall–Kier alpha value is -2.19. The van der Waals surface area contributed by atoms with Crippen molar-refractivity contribution in [2.24, 2.45) is 11.8 Å². The molecule has 8 heteroatoms. The van der Waals surface area contributed by atoms with Crippen LogP contribution < -0.4 is 0 Å². The number of fused-ring (bicyclic) bond motifs is 1. The lowest BCUT2D eigenvalue weighted by Gasteiger charge is -2.37. The SMILES string of the molecule is C=CCCCOC(=O)[C@@H]1[C@H]2C(=O)N(CCCCCO)C(C(=O)N(CC=C)CCCCC)C23CC[C@@]1(CC)O3. The van der Waals surface area contributed by atoms with Crippen LogP contribution in [0.5, 0.6) is 0 Å². The van der Waals surface area contributed by atoms with Crippen LogP contribution in [0, 0.1) is 11.8 Å². The van der Waals surface area contributed by atoms with E-state index in [0.717, 1.165) is 32.1 Å². The van der Waals surface area contributed by atoms with Crippen LogP contribution in [0.1, 0.15) is 84.5 Å². The van der Waals surface area contributed by atoms with Crippen molar-refractivity contribution in [1.29, 1.82) is 0 Å². The molecule has 8 nitrogen and oxygen atoms in total. The van der Waals surface area contributed by atoms with E-state index in [1.807, 2.05) is 6.92 Å². The summed E-state index contributed by atoms with van der Waals surface area (Å²) in [4.78, 5) is 45.4.